The van der Waals surface area contributed by atoms with E-state index in [9.17, 15) is 4.79 Å². The van der Waals surface area contributed by atoms with E-state index in [2.05, 4.69) is 11.9 Å². The summed E-state index contributed by atoms with van der Waals surface area (Å²) in [6.07, 6.45) is 1.22. The predicted octanol–water partition coefficient (Wildman–Crippen LogP) is 0.281. The van der Waals surface area contributed by atoms with Crippen molar-refractivity contribution in [3.05, 3.63) is 12.8 Å². The maximum Gasteiger partial charge on any atom is 0.242 e. The van der Waals surface area contributed by atoms with E-state index in [0.29, 0.717) is 0 Å². The molecule has 1 radical (unpaired) electrons. The lowest BCUT2D eigenvalue weighted by Crippen LogP contribution is -2.01. The van der Waals surface area contributed by atoms with Crippen LogP contribution in [0.1, 0.15) is 6.92 Å². The smallest absolute Gasteiger partial charge is 0.242 e. The molecule has 0 bridgehead atoms. The van der Waals surface area contributed by atoms with E-state index in [-0.39, 0.29) is 5.91 Å². The summed E-state index contributed by atoms with van der Waals surface area (Å²) >= 11 is 0. The fourth-order valence-electron chi connectivity index (χ4n) is 0.129. The third kappa shape index (κ3) is 3.21. The summed E-state index contributed by atoms with van der Waals surface area (Å²) in [6.45, 7) is 4.59. The van der Waals surface area contributed by atoms with Gasteiger partial charge in [-0.05, 0) is 0 Å². The molecule has 0 aromatic rings. The van der Waals surface area contributed by atoms with Crippen molar-refractivity contribution >= 4 is 5.91 Å². The van der Waals surface area contributed by atoms with Crippen LogP contribution in [-0.4, -0.2) is 5.91 Å². The van der Waals surface area contributed by atoms with Crippen molar-refractivity contribution in [1.29, 1.82) is 0 Å². The van der Waals surface area contributed by atoms with Gasteiger partial charge in [-0.1, -0.05) is 6.58 Å². The van der Waals surface area contributed by atoms with E-state index in [1.54, 1.807) is 0 Å². The number of carbonyl (C=O) groups is 1. The van der Waals surface area contributed by atoms with Gasteiger partial charge in [0.15, 0.2) is 0 Å². The SMILES string of the molecule is C=C[N]C(C)=O. The summed E-state index contributed by atoms with van der Waals surface area (Å²) in [5, 5.41) is 3.25. The Bertz CT molecular complexity index is 67.9. The molecule has 1 amide bonds. The highest BCUT2D eigenvalue weighted by atomic mass is 16.1. The highest BCUT2D eigenvalue weighted by molar-refractivity contribution is 5.73. The lowest BCUT2D eigenvalue weighted by Gasteiger charge is -1.77. The summed E-state index contributed by atoms with van der Waals surface area (Å²) < 4.78 is 0. The third-order valence-electron chi connectivity index (χ3n) is 0.273. The lowest BCUT2D eigenvalue weighted by molar-refractivity contribution is -0.118. The first kappa shape index (κ1) is 5.21. The molecule has 0 aliphatic carbocycles. The molecule has 0 aliphatic heterocycles. The zero-order valence-corrected chi connectivity index (χ0v) is 3.64. The number of rotatable bonds is 1. The number of amides is 1. The van der Waals surface area contributed by atoms with Gasteiger partial charge in [0.1, 0.15) is 0 Å². The van der Waals surface area contributed by atoms with Crippen LogP contribution in [0.5, 0.6) is 0 Å². The van der Waals surface area contributed by atoms with Gasteiger partial charge in [-0.15, -0.1) is 0 Å². The molecule has 0 saturated heterocycles. The number of nitrogens with zero attached hydrogens (tertiary/aromatic N) is 1. The van der Waals surface area contributed by atoms with E-state index in [1.165, 1.54) is 13.1 Å². The van der Waals surface area contributed by atoms with Crippen LogP contribution in [0.15, 0.2) is 12.8 Å². The average Bonchev–Trinajstić information content (AvgIpc) is 1.35. The van der Waals surface area contributed by atoms with E-state index in [4.69, 9.17) is 0 Å². The molecule has 0 N–H and O–H groups in total. The molecule has 6 heavy (non-hydrogen) atoms. The van der Waals surface area contributed by atoms with E-state index in [1.807, 2.05) is 0 Å². The molecule has 0 heterocycles. The van der Waals surface area contributed by atoms with Gasteiger partial charge in [0.25, 0.3) is 0 Å². The van der Waals surface area contributed by atoms with E-state index in [0.717, 1.165) is 0 Å². The van der Waals surface area contributed by atoms with E-state index >= 15 is 0 Å². The first-order valence-electron chi connectivity index (χ1n) is 1.59. The molecule has 0 atom stereocenters. The van der Waals surface area contributed by atoms with Crippen LogP contribution in [-0.2, 0) is 4.79 Å². The van der Waals surface area contributed by atoms with Crippen molar-refractivity contribution in [3.8, 4) is 0 Å². The Hall–Kier alpha value is -0.790. The highest BCUT2D eigenvalue weighted by Crippen LogP contribution is 1.59. The molecule has 0 aromatic heterocycles. The van der Waals surface area contributed by atoms with Crippen LogP contribution in [0, 0.1) is 0 Å². The Morgan fingerprint density at radius 3 is 2.50 bits per heavy atom. The Morgan fingerprint density at radius 1 is 2.00 bits per heavy atom. The largest absolute Gasteiger partial charge is 0.273 e. The molecule has 0 fully saturated rings. The molecule has 2 nitrogen and oxygen atoms in total. The molecule has 0 unspecified atom stereocenters. The number of hydrogen-bond donors (Lipinski definition) is 0. The molecule has 2 heteroatoms. The maximum atomic E-state index is 9.81. The minimum Gasteiger partial charge on any atom is -0.273 e. The maximum absolute atomic E-state index is 9.81. The van der Waals surface area contributed by atoms with Gasteiger partial charge in [-0.25, -0.2) is 5.32 Å². The van der Waals surface area contributed by atoms with Crippen molar-refractivity contribution in [3.63, 3.8) is 0 Å². The second-order valence-corrected chi connectivity index (χ2v) is 0.831. The van der Waals surface area contributed by atoms with Gasteiger partial charge in [0.2, 0.25) is 5.91 Å². The summed E-state index contributed by atoms with van der Waals surface area (Å²) in [5.41, 5.74) is 0. The molecule has 0 aromatic carbocycles. The Morgan fingerprint density at radius 2 is 2.50 bits per heavy atom. The quantitative estimate of drug-likeness (QED) is 0.449. The van der Waals surface area contributed by atoms with Gasteiger partial charge in [0.05, 0.1) is 0 Å². The zero-order valence-electron chi connectivity index (χ0n) is 3.64. The first-order valence-corrected chi connectivity index (χ1v) is 1.59. The topological polar surface area (TPSA) is 31.2 Å². The second kappa shape index (κ2) is 2.45. The van der Waals surface area contributed by atoms with Gasteiger partial charge >= 0.3 is 0 Å². The summed E-state index contributed by atoms with van der Waals surface area (Å²) in [4.78, 5) is 9.81. The Balaban J connectivity index is 3.05. The van der Waals surface area contributed by atoms with Gasteiger partial charge in [-0.2, -0.15) is 0 Å². The normalized spacial score (nSPS) is 6.83. The molecule has 0 aliphatic rings. The molecule has 0 saturated carbocycles. The van der Waals surface area contributed by atoms with Crippen LogP contribution >= 0.6 is 0 Å². The molecular weight excluding hydrogens is 78.0 g/mol. The molecule has 0 rings (SSSR count). The van der Waals surface area contributed by atoms with Crippen LogP contribution in [0.25, 0.3) is 0 Å². The van der Waals surface area contributed by atoms with Crippen LogP contribution in [0.3, 0.4) is 0 Å². The minimum absolute atomic E-state index is 0.204. The van der Waals surface area contributed by atoms with Crippen LogP contribution in [0.4, 0.5) is 0 Å². The van der Waals surface area contributed by atoms with Crippen molar-refractivity contribution in [1.82, 2.24) is 5.32 Å². The Kier molecular flexibility index (Phi) is 2.13. The zero-order chi connectivity index (χ0) is 4.99. The summed E-state index contributed by atoms with van der Waals surface area (Å²) in [5.74, 6) is -0.204. The first-order chi connectivity index (χ1) is 2.77. The van der Waals surface area contributed by atoms with Gasteiger partial charge in [0, 0.05) is 13.1 Å². The van der Waals surface area contributed by atoms with Crippen molar-refractivity contribution in [2.45, 2.75) is 6.92 Å². The minimum atomic E-state index is -0.204. The van der Waals surface area contributed by atoms with Crippen molar-refractivity contribution in [2.75, 3.05) is 0 Å². The fraction of sp³-hybridized carbons (Fsp3) is 0.250. The summed E-state index contributed by atoms with van der Waals surface area (Å²) in [7, 11) is 0. The molecular formula is C4H6NO. The summed E-state index contributed by atoms with van der Waals surface area (Å²) in [6, 6.07) is 0. The molecule has 0 spiro atoms. The van der Waals surface area contributed by atoms with Crippen LogP contribution < -0.4 is 5.32 Å². The van der Waals surface area contributed by atoms with Crippen molar-refractivity contribution in [2.24, 2.45) is 0 Å². The highest BCUT2D eigenvalue weighted by Gasteiger charge is 1.79. The number of hydrogen-bond acceptors (Lipinski definition) is 1. The van der Waals surface area contributed by atoms with Crippen LogP contribution in [0.2, 0.25) is 0 Å². The standard InChI is InChI=1S/C4H6NO/c1-3-5-4(2)6/h3H,1H2,2H3. The Labute approximate surface area is 36.9 Å². The van der Waals surface area contributed by atoms with E-state index < -0.39 is 0 Å². The molecule has 33 valence electrons. The van der Waals surface area contributed by atoms with Gasteiger partial charge in [-0.3, -0.25) is 4.79 Å². The number of carbonyl (C=O) groups excluding carboxylic acids is 1. The monoisotopic (exact) mass is 84.0 g/mol. The predicted molar refractivity (Wildman–Crippen MR) is 23.0 cm³/mol. The van der Waals surface area contributed by atoms with Crippen molar-refractivity contribution < 1.29 is 4.79 Å². The second-order valence-electron chi connectivity index (χ2n) is 0.831. The third-order valence-corrected chi connectivity index (χ3v) is 0.273. The lowest BCUT2D eigenvalue weighted by atomic mass is 10.7. The van der Waals surface area contributed by atoms with Gasteiger partial charge < -0.3 is 0 Å². The average molecular weight is 84.1 g/mol. The fourth-order valence-corrected chi connectivity index (χ4v) is 0.129.